The molecule has 0 aliphatic heterocycles. The van der Waals surface area contributed by atoms with Crippen LogP contribution < -0.4 is 10.1 Å². The Kier molecular flexibility index (Phi) is 7.30. The van der Waals surface area contributed by atoms with Gasteiger partial charge in [-0.15, -0.1) is 0 Å². The Morgan fingerprint density at radius 1 is 1.04 bits per heavy atom. The van der Waals surface area contributed by atoms with Crippen LogP contribution in [0.5, 0.6) is 5.75 Å². The Balaban J connectivity index is 1.71. The number of carbonyl (C=O) groups excluding carboxylic acids is 1. The summed E-state index contributed by atoms with van der Waals surface area (Å²) in [5.74, 6) is 0.973. The number of nitrogens with zero attached hydrogens (tertiary/aromatic N) is 1. The van der Waals surface area contributed by atoms with Gasteiger partial charge in [0.05, 0.1) is 13.2 Å². The molecule has 0 fully saturated rings. The van der Waals surface area contributed by atoms with Crippen molar-refractivity contribution in [2.75, 3.05) is 20.2 Å². The summed E-state index contributed by atoms with van der Waals surface area (Å²) in [6.45, 7) is 4.45. The monoisotopic (exact) mass is 326 g/mol. The lowest BCUT2D eigenvalue weighted by molar-refractivity contribution is -0.129. The van der Waals surface area contributed by atoms with Crippen LogP contribution >= 0.6 is 0 Å². The summed E-state index contributed by atoms with van der Waals surface area (Å²) in [4.78, 5) is 13.9. The van der Waals surface area contributed by atoms with E-state index in [-0.39, 0.29) is 5.91 Å². The molecule has 0 unspecified atom stereocenters. The Hall–Kier alpha value is -2.33. The normalized spacial score (nSPS) is 10.4. The Bertz CT molecular complexity index is 611. The zero-order valence-corrected chi connectivity index (χ0v) is 14.5. The summed E-state index contributed by atoms with van der Waals surface area (Å²) in [5.41, 5.74) is 2.27. The fraction of sp³-hybridized carbons (Fsp3) is 0.350. The van der Waals surface area contributed by atoms with E-state index in [0.717, 1.165) is 29.9 Å². The van der Waals surface area contributed by atoms with Crippen LogP contribution in [-0.4, -0.2) is 31.0 Å². The highest BCUT2D eigenvalue weighted by Crippen LogP contribution is 2.12. The quantitative estimate of drug-likeness (QED) is 0.769. The predicted molar refractivity (Wildman–Crippen MR) is 96.9 cm³/mol. The highest BCUT2D eigenvalue weighted by Gasteiger charge is 2.08. The Morgan fingerprint density at radius 3 is 2.42 bits per heavy atom. The molecule has 2 aromatic rings. The number of ether oxygens (including phenoxy) is 1. The maximum Gasteiger partial charge on any atom is 0.236 e. The molecule has 2 rings (SSSR count). The molecule has 2 aromatic carbocycles. The molecule has 0 aromatic heterocycles. The summed E-state index contributed by atoms with van der Waals surface area (Å²) in [6.07, 6.45) is 1.00. The van der Waals surface area contributed by atoms with Crippen molar-refractivity contribution in [3.05, 3.63) is 65.7 Å². The molecule has 0 aliphatic rings. The molecule has 0 saturated carbocycles. The van der Waals surface area contributed by atoms with Crippen molar-refractivity contribution in [1.82, 2.24) is 10.2 Å². The van der Waals surface area contributed by atoms with Gasteiger partial charge in [0.15, 0.2) is 0 Å². The minimum Gasteiger partial charge on any atom is -0.494 e. The molecule has 0 heterocycles. The number of hydrogen-bond donors (Lipinski definition) is 1. The van der Waals surface area contributed by atoms with E-state index in [9.17, 15) is 4.79 Å². The number of nitrogens with one attached hydrogen (secondary N) is 1. The van der Waals surface area contributed by atoms with Gasteiger partial charge in [-0.25, -0.2) is 0 Å². The number of rotatable bonds is 9. The first-order valence-corrected chi connectivity index (χ1v) is 8.39. The van der Waals surface area contributed by atoms with Gasteiger partial charge in [-0.3, -0.25) is 4.79 Å². The lowest BCUT2D eigenvalue weighted by Gasteiger charge is -2.17. The Labute approximate surface area is 144 Å². The second-order valence-corrected chi connectivity index (χ2v) is 5.83. The summed E-state index contributed by atoms with van der Waals surface area (Å²) in [6, 6.07) is 18.0. The smallest absolute Gasteiger partial charge is 0.236 e. The molecule has 0 aliphatic carbocycles. The van der Waals surface area contributed by atoms with Crippen LogP contribution in [0.2, 0.25) is 0 Å². The zero-order valence-electron chi connectivity index (χ0n) is 14.5. The average molecular weight is 326 g/mol. The van der Waals surface area contributed by atoms with Gasteiger partial charge in [0.1, 0.15) is 5.75 Å². The molecule has 0 spiro atoms. The minimum absolute atomic E-state index is 0.0850. The summed E-state index contributed by atoms with van der Waals surface area (Å²) in [7, 11) is 1.83. The van der Waals surface area contributed by atoms with Crippen LogP contribution in [0.1, 0.15) is 24.5 Å². The van der Waals surface area contributed by atoms with E-state index >= 15 is 0 Å². The number of benzene rings is 2. The van der Waals surface area contributed by atoms with Crippen LogP contribution in [0.4, 0.5) is 0 Å². The second kappa shape index (κ2) is 9.73. The van der Waals surface area contributed by atoms with Gasteiger partial charge in [-0.1, -0.05) is 49.4 Å². The van der Waals surface area contributed by atoms with E-state index in [0.29, 0.717) is 19.6 Å². The van der Waals surface area contributed by atoms with E-state index in [1.807, 2.05) is 61.6 Å². The van der Waals surface area contributed by atoms with Gasteiger partial charge in [0.2, 0.25) is 5.91 Å². The van der Waals surface area contributed by atoms with Gasteiger partial charge >= 0.3 is 0 Å². The van der Waals surface area contributed by atoms with Crippen LogP contribution in [-0.2, 0) is 17.9 Å². The van der Waals surface area contributed by atoms with Gasteiger partial charge in [0, 0.05) is 20.1 Å². The zero-order chi connectivity index (χ0) is 17.2. The fourth-order valence-corrected chi connectivity index (χ4v) is 2.32. The standard InChI is InChI=1S/C20H26N2O2/c1-3-13-24-19-11-9-17(10-12-19)14-21-15-20(23)22(2)16-18-7-5-4-6-8-18/h4-12,21H,3,13-16H2,1-2H3. The number of hydrogen-bond acceptors (Lipinski definition) is 3. The van der Waals surface area contributed by atoms with E-state index in [2.05, 4.69) is 12.2 Å². The SMILES string of the molecule is CCCOc1ccc(CNCC(=O)N(C)Cc2ccccc2)cc1. The van der Waals surface area contributed by atoms with Crippen molar-refractivity contribution >= 4 is 5.91 Å². The van der Waals surface area contributed by atoms with E-state index in [1.54, 1.807) is 4.90 Å². The van der Waals surface area contributed by atoms with Gasteiger partial charge in [0.25, 0.3) is 0 Å². The van der Waals surface area contributed by atoms with Crippen LogP contribution in [0, 0.1) is 0 Å². The van der Waals surface area contributed by atoms with Crippen molar-refractivity contribution in [2.24, 2.45) is 0 Å². The number of carbonyl (C=O) groups is 1. The third kappa shape index (κ3) is 6.05. The van der Waals surface area contributed by atoms with Gasteiger partial charge in [-0.2, -0.15) is 0 Å². The topological polar surface area (TPSA) is 41.6 Å². The van der Waals surface area contributed by atoms with Crippen molar-refractivity contribution in [3.63, 3.8) is 0 Å². The van der Waals surface area contributed by atoms with Gasteiger partial charge in [-0.05, 0) is 29.7 Å². The van der Waals surface area contributed by atoms with Crippen molar-refractivity contribution < 1.29 is 9.53 Å². The maximum absolute atomic E-state index is 12.2. The average Bonchev–Trinajstić information content (AvgIpc) is 2.61. The van der Waals surface area contributed by atoms with Crippen LogP contribution in [0.15, 0.2) is 54.6 Å². The second-order valence-electron chi connectivity index (χ2n) is 5.83. The Morgan fingerprint density at radius 2 is 1.75 bits per heavy atom. The molecule has 1 N–H and O–H groups in total. The molecule has 128 valence electrons. The number of amides is 1. The molecule has 4 heteroatoms. The minimum atomic E-state index is 0.0850. The number of likely N-dealkylation sites (N-methyl/N-ethyl adjacent to an activating group) is 1. The molecular formula is C20H26N2O2. The molecule has 0 radical (unpaired) electrons. The van der Waals surface area contributed by atoms with E-state index in [4.69, 9.17) is 4.74 Å². The summed E-state index contributed by atoms with van der Waals surface area (Å²) in [5, 5.41) is 3.20. The fourth-order valence-electron chi connectivity index (χ4n) is 2.32. The highest BCUT2D eigenvalue weighted by atomic mass is 16.5. The summed E-state index contributed by atoms with van der Waals surface area (Å²) < 4.78 is 5.56. The lowest BCUT2D eigenvalue weighted by Crippen LogP contribution is -2.34. The summed E-state index contributed by atoms with van der Waals surface area (Å²) >= 11 is 0. The van der Waals surface area contributed by atoms with E-state index in [1.165, 1.54) is 0 Å². The van der Waals surface area contributed by atoms with Crippen LogP contribution in [0.3, 0.4) is 0 Å². The molecular weight excluding hydrogens is 300 g/mol. The first-order valence-electron chi connectivity index (χ1n) is 8.39. The molecule has 0 saturated heterocycles. The third-order valence-electron chi connectivity index (χ3n) is 3.69. The highest BCUT2D eigenvalue weighted by molar-refractivity contribution is 5.77. The first kappa shape index (κ1) is 18.0. The van der Waals surface area contributed by atoms with Crippen molar-refractivity contribution in [3.8, 4) is 5.75 Å². The van der Waals surface area contributed by atoms with Crippen molar-refractivity contribution in [2.45, 2.75) is 26.4 Å². The molecule has 24 heavy (non-hydrogen) atoms. The van der Waals surface area contributed by atoms with Gasteiger partial charge < -0.3 is 15.0 Å². The molecule has 1 amide bonds. The molecule has 0 bridgehead atoms. The van der Waals surface area contributed by atoms with E-state index < -0.39 is 0 Å². The largest absolute Gasteiger partial charge is 0.494 e. The van der Waals surface area contributed by atoms with Crippen molar-refractivity contribution in [1.29, 1.82) is 0 Å². The van der Waals surface area contributed by atoms with Crippen LogP contribution in [0.25, 0.3) is 0 Å². The third-order valence-corrected chi connectivity index (χ3v) is 3.69. The molecule has 0 atom stereocenters. The predicted octanol–water partition coefficient (Wildman–Crippen LogP) is 3.22. The molecule has 4 nitrogen and oxygen atoms in total. The maximum atomic E-state index is 12.2. The lowest BCUT2D eigenvalue weighted by atomic mass is 10.2. The first-order chi connectivity index (χ1) is 11.7.